The third-order valence-corrected chi connectivity index (χ3v) is 13.0. The third-order valence-electron chi connectivity index (χ3n) is 12.4. The summed E-state index contributed by atoms with van der Waals surface area (Å²) in [6.45, 7) is 8.42. The molecule has 306 valence electrons. The smallest absolute Gasteiger partial charge is 0.184 e. The normalized spacial score (nSPS) is 15.3. The highest BCUT2D eigenvalue weighted by Gasteiger charge is 2.47. The largest absolute Gasteiger partial charge is 0.385 e. The zero-order valence-electron chi connectivity index (χ0n) is 35.1. The number of rotatable bonds is 5. The fourth-order valence-electron chi connectivity index (χ4n) is 9.13. The minimum Gasteiger partial charge on any atom is -0.385 e. The van der Waals surface area contributed by atoms with Gasteiger partial charge < -0.3 is 14.8 Å². The number of hydrogen-bond donors (Lipinski definition) is 2. The van der Waals surface area contributed by atoms with E-state index in [9.17, 15) is 0 Å². The van der Waals surface area contributed by atoms with Gasteiger partial charge in [0, 0.05) is 49.9 Å². The van der Waals surface area contributed by atoms with Crippen molar-refractivity contribution in [2.45, 2.75) is 39.7 Å². The second-order valence-electron chi connectivity index (χ2n) is 16.7. The molecular weight excluding hydrogens is 818 g/mol. The van der Waals surface area contributed by atoms with Crippen molar-refractivity contribution in [1.29, 1.82) is 0 Å². The second kappa shape index (κ2) is 15.4. The molecule has 3 aliphatic heterocycles. The molecule has 0 spiro atoms. The van der Waals surface area contributed by atoms with Crippen LogP contribution in [0.1, 0.15) is 62.6 Å². The lowest BCUT2D eigenvalue weighted by atomic mass is 9.85. The number of benzene rings is 5. The number of H-pyrrole nitrogens is 2. The molecule has 2 unspecified atom stereocenters. The number of aromatic amines is 2. The van der Waals surface area contributed by atoms with Gasteiger partial charge in [0.15, 0.2) is 6.10 Å². The summed E-state index contributed by atoms with van der Waals surface area (Å²) in [5.74, 6) is -0.472. The molecule has 8 aromatic rings. The predicted molar refractivity (Wildman–Crippen MR) is 260 cm³/mol. The van der Waals surface area contributed by atoms with Crippen LogP contribution in [0.5, 0.6) is 0 Å². The zero-order valence-corrected chi connectivity index (χ0v) is 36.6. The van der Waals surface area contributed by atoms with Crippen molar-refractivity contribution in [3.63, 3.8) is 0 Å². The minimum atomic E-state index is -0.606. The van der Waals surface area contributed by atoms with Crippen molar-refractivity contribution >= 4 is 63.1 Å². The summed E-state index contributed by atoms with van der Waals surface area (Å²) in [6.07, 6.45) is 3.66. The molecule has 3 aromatic heterocycles. The minimum absolute atomic E-state index is 0.472. The van der Waals surface area contributed by atoms with E-state index in [1.165, 1.54) is 11.1 Å². The van der Waals surface area contributed by atoms with E-state index in [-0.39, 0.29) is 0 Å². The summed E-state index contributed by atoms with van der Waals surface area (Å²) in [5.41, 5.74) is 20.7. The Hall–Kier alpha value is -6.99. The Morgan fingerprint density at radius 2 is 0.810 bits per heavy atom. The highest BCUT2D eigenvalue weighted by molar-refractivity contribution is 6.40. The quantitative estimate of drug-likeness (QED) is 0.181. The summed E-state index contributed by atoms with van der Waals surface area (Å²) in [5, 5.41) is 5.84. The van der Waals surface area contributed by atoms with Crippen molar-refractivity contribution in [2.75, 3.05) is 0 Å². The molecule has 2 N–H and O–H groups in total. The lowest BCUT2D eigenvalue weighted by Gasteiger charge is -2.16. The molecule has 2 atom stereocenters. The Morgan fingerprint density at radius 1 is 0.429 bits per heavy atom. The van der Waals surface area contributed by atoms with Crippen LogP contribution in [-0.2, 0) is 4.84 Å². The van der Waals surface area contributed by atoms with E-state index in [1.807, 2.05) is 18.2 Å². The molecule has 5 aromatic carbocycles. The summed E-state index contributed by atoms with van der Waals surface area (Å²) in [7, 11) is 0. The number of nitrogens with one attached hydrogen (secondary N) is 2. The Balaban J connectivity index is 1.34. The van der Waals surface area contributed by atoms with Crippen LogP contribution < -0.4 is 0 Å². The molecule has 0 saturated carbocycles. The van der Waals surface area contributed by atoms with E-state index in [2.05, 4.69) is 171 Å². The maximum absolute atomic E-state index is 7.02. The van der Waals surface area contributed by atoms with Crippen molar-refractivity contribution < 1.29 is 4.84 Å². The van der Waals surface area contributed by atoms with Gasteiger partial charge >= 0.3 is 0 Å². The monoisotopic (exact) mass is 857 g/mol. The highest BCUT2D eigenvalue weighted by atomic mass is 35.5. The van der Waals surface area contributed by atoms with Gasteiger partial charge in [-0.3, -0.25) is 4.98 Å². The van der Waals surface area contributed by atoms with E-state index in [1.54, 1.807) is 0 Å². The topological polar surface area (TPSA) is 79.0 Å². The summed E-state index contributed by atoms with van der Waals surface area (Å²) in [6, 6.07) is 48.6. The van der Waals surface area contributed by atoms with Gasteiger partial charge in [-0.15, -0.1) is 0 Å². The number of aryl methyl sites for hydroxylation is 4. The SMILES string of the molecule is Cc1ccc(-c2c3nc(c(-c4ccc(C)cc4)c4ccc([nH]4)c(-c4ccc(C)cc4)c4nc(c(-c5ccc(C)cc5)c5ccc2[nH]5)C2ON=C(c5c(Cl)cccc5Cl)C42)C=C3)cc1. The van der Waals surface area contributed by atoms with Crippen LogP contribution in [0.15, 0.2) is 145 Å². The van der Waals surface area contributed by atoms with Gasteiger partial charge in [0.2, 0.25) is 0 Å². The molecule has 8 heteroatoms. The number of halogens is 2. The van der Waals surface area contributed by atoms with E-state index >= 15 is 0 Å². The number of fused-ring (bicyclic) bond motifs is 11. The van der Waals surface area contributed by atoms with Crippen molar-refractivity contribution in [3.05, 3.63) is 200 Å². The maximum Gasteiger partial charge on any atom is 0.184 e. The Bertz CT molecular complexity index is 3340. The van der Waals surface area contributed by atoms with Crippen LogP contribution in [0, 0.1) is 27.7 Å². The Morgan fingerprint density at radius 3 is 1.24 bits per heavy atom. The van der Waals surface area contributed by atoms with Gasteiger partial charge in [-0.1, -0.05) is 154 Å². The lowest BCUT2D eigenvalue weighted by molar-refractivity contribution is 0.0800. The first-order chi connectivity index (χ1) is 30.7. The van der Waals surface area contributed by atoms with E-state index in [0.29, 0.717) is 21.3 Å². The molecule has 11 rings (SSSR count). The fraction of sp³-hybridized carbons (Fsp3) is 0.109. The maximum atomic E-state index is 7.02. The van der Waals surface area contributed by atoms with Crippen LogP contribution in [-0.4, -0.2) is 25.6 Å². The molecule has 0 radical (unpaired) electrons. The van der Waals surface area contributed by atoms with Crippen LogP contribution >= 0.6 is 23.2 Å². The third kappa shape index (κ3) is 6.78. The first-order valence-electron chi connectivity index (χ1n) is 21.1. The van der Waals surface area contributed by atoms with Gasteiger partial charge in [0.05, 0.1) is 38.7 Å². The molecule has 0 fully saturated rings. The van der Waals surface area contributed by atoms with Crippen LogP contribution in [0.3, 0.4) is 0 Å². The van der Waals surface area contributed by atoms with Crippen molar-refractivity contribution in [1.82, 2.24) is 19.9 Å². The van der Waals surface area contributed by atoms with Crippen LogP contribution in [0.4, 0.5) is 0 Å². The molecule has 63 heavy (non-hydrogen) atoms. The van der Waals surface area contributed by atoms with Crippen molar-refractivity contribution in [3.8, 4) is 44.5 Å². The first kappa shape index (κ1) is 38.9. The van der Waals surface area contributed by atoms with E-state index < -0.39 is 12.0 Å². The summed E-state index contributed by atoms with van der Waals surface area (Å²) >= 11 is 14.0. The van der Waals surface area contributed by atoms with Gasteiger partial charge in [0.25, 0.3) is 0 Å². The van der Waals surface area contributed by atoms with Gasteiger partial charge in [-0.2, -0.15) is 0 Å². The molecule has 0 saturated heterocycles. The number of nitrogens with zero attached hydrogens (tertiary/aromatic N) is 3. The number of hydrogen-bond acceptors (Lipinski definition) is 4. The summed E-state index contributed by atoms with van der Waals surface area (Å²) in [4.78, 5) is 25.6. The van der Waals surface area contributed by atoms with Gasteiger partial charge in [0.1, 0.15) is 5.71 Å². The molecule has 6 nitrogen and oxygen atoms in total. The van der Waals surface area contributed by atoms with Gasteiger partial charge in [-0.05, 0) is 98.5 Å². The number of oxime groups is 1. The highest BCUT2D eigenvalue weighted by Crippen LogP contribution is 2.52. The zero-order chi connectivity index (χ0) is 42.9. The Labute approximate surface area is 375 Å². The molecule has 0 amide bonds. The van der Waals surface area contributed by atoms with Gasteiger partial charge in [-0.25, -0.2) is 4.98 Å². The molecule has 8 bridgehead atoms. The van der Waals surface area contributed by atoms with E-state index in [0.717, 1.165) is 100 Å². The standard InChI is InChI=1S/C55H41Cl2N5O/c1-30-8-16-34(17-9-30)46-40-24-25-41(58-40)47(35-18-10-31(2)11-19-35)43-27-29-45(60-43)49(37-22-14-33(4)15-23-37)54-55-51(53(62-63-55)50-38(56)6-5-7-39(50)57)52(61-54)48(44-28-26-42(46)59-44)36-20-12-32(3)13-21-36/h5-29,51,55,59-60H,1-4H3. The second-order valence-corrected chi connectivity index (χ2v) is 17.5. The predicted octanol–water partition coefficient (Wildman–Crippen LogP) is 15.0. The summed E-state index contributed by atoms with van der Waals surface area (Å²) < 4.78 is 0. The fourth-order valence-corrected chi connectivity index (χ4v) is 9.72. The van der Waals surface area contributed by atoms with E-state index in [4.69, 9.17) is 43.2 Å². The first-order valence-corrected chi connectivity index (χ1v) is 21.9. The molecule has 0 aliphatic carbocycles. The van der Waals surface area contributed by atoms with Crippen LogP contribution in [0.2, 0.25) is 10.0 Å². The Kier molecular flexibility index (Phi) is 9.52. The molecular formula is C55H41Cl2N5O. The molecule has 3 aliphatic rings. The lowest BCUT2D eigenvalue weighted by Crippen LogP contribution is -2.14. The average molecular weight is 859 g/mol. The number of aromatic nitrogens is 4. The van der Waals surface area contributed by atoms with Crippen molar-refractivity contribution in [2.24, 2.45) is 5.16 Å². The molecule has 6 heterocycles. The average Bonchev–Trinajstić information content (AvgIpc) is 4.14. The van der Waals surface area contributed by atoms with Crippen LogP contribution in [0.25, 0.3) is 78.7 Å².